The van der Waals surface area contributed by atoms with E-state index in [4.69, 9.17) is 12.2 Å². The number of ketones is 1. The minimum absolute atomic E-state index is 0.167. The number of hydrogen-bond acceptors (Lipinski definition) is 2. The normalized spacial score (nSPS) is 17.1. The van der Waals surface area contributed by atoms with Crippen LogP contribution in [0.25, 0.3) is 5.70 Å². The molecule has 0 radical (unpaired) electrons. The van der Waals surface area contributed by atoms with E-state index >= 15 is 0 Å². The highest BCUT2D eigenvalue weighted by Gasteiger charge is 2.31. The molecule has 3 rings (SSSR count). The molecule has 0 saturated heterocycles. The number of hydrogen-bond donors (Lipinski definition) is 2. The minimum Gasteiger partial charge on any atom is -0.351 e. The van der Waals surface area contributed by atoms with E-state index in [9.17, 15) is 13.6 Å². The predicted molar refractivity (Wildman–Crippen MR) is 96.7 cm³/mol. The number of Topliss-reactive ketones (excluding diaryl/α,β-unsaturated/α-hetero) is 1. The summed E-state index contributed by atoms with van der Waals surface area (Å²) in [5.74, 6) is -1.64. The first-order chi connectivity index (χ1) is 11.9. The van der Waals surface area contributed by atoms with Crippen LogP contribution in [0.1, 0.15) is 29.7 Å². The van der Waals surface area contributed by atoms with E-state index in [-0.39, 0.29) is 16.5 Å². The Kier molecular flexibility index (Phi) is 4.63. The summed E-state index contributed by atoms with van der Waals surface area (Å²) in [6.45, 7) is 3.37. The minimum atomic E-state index is -0.789. The van der Waals surface area contributed by atoms with Crippen molar-refractivity contribution in [3.8, 4) is 0 Å². The van der Waals surface area contributed by atoms with Crippen molar-refractivity contribution < 1.29 is 13.6 Å². The van der Waals surface area contributed by atoms with E-state index in [1.807, 2.05) is 31.2 Å². The Bertz CT molecular complexity index is 891. The van der Waals surface area contributed by atoms with E-state index in [0.29, 0.717) is 11.3 Å². The average molecular weight is 358 g/mol. The molecule has 2 N–H and O–H groups in total. The lowest BCUT2D eigenvalue weighted by Gasteiger charge is -2.31. The molecule has 2 aromatic rings. The average Bonchev–Trinajstić information content (AvgIpc) is 2.54. The van der Waals surface area contributed by atoms with Crippen LogP contribution in [0.2, 0.25) is 0 Å². The van der Waals surface area contributed by atoms with Crippen LogP contribution >= 0.6 is 12.2 Å². The summed E-state index contributed by atoms with van der Waals surface area (Å²) in [5.41, 5.74) is 2.89. The van der Waals surface area contributed by atoms with Gasteiger partial charge in [-0.3, -0.25) is 4.79 Å². The summed E-state index contributed by atoms with van der Waals surface area (Å²) in [5, 5.41) is 6.18. The standard InChI is InChI=1S/C19H16F2N2OS/c1-10-3-5-12(6-4-10)17-16(11(2)24)18(23-19(25)22-17)14-8-7-13(20)9-15(14)21/h3-9,18H,1-2H3,(H2,22,23,25)/t18-/m1/s1. The highest BCUT2D eigenvalue weighted by Crippen LogP contribution is 2.33. The fourth-order valence-corrected chi connectivity index (χ4v) is 3.08. The van der Waals surface area contributed by atoms with Gasteiger partial charge < -0.3 is 10.6 Å². The molecule has 0 spiro atoms. The van der Waals surface area contributed by atoms with Crippen molar-refractivity contribution >= 4 is 28.8 Å². The molecule has 1 heterocycles. The number of thiocarbonyl (C=S) groups is 1. The number of benzene rings is 2. The van der Waals surface area contributed by atoms with Gasteiger partial charge in [-0.15, -0.1) is 0 Å². The summed E-state index contributed by atoms with van der Waals surface area (Å²) in [6, 6.07) is 10.1. The number of nitrogens with one attached hydrogen (secondary N) is 2. The van der Waals surface area contributed by atoms with E-state index in [1.54, 1.807) is 0 Å². The Hall–Kier alpha value is -2.60. The molecule has 0 bridgehead atoms. The van der Waals surface area contributed by atoms with Crippen LogP contribution in [-0.2, 0) is 4.79 Å². The summed E-state index contributed by atoms with van der Waals surface area (Å²) >= 11 is 5.23. The van der Waals surface area contributed by atoms with E-state index in [0.717, 1.165) is 23.3 Å². The van der Waals surface area contributed by atoms with Crippen molar-refractivity contribution in [1.82, 2.24) is 10.6 Å². The molecule has 25 heavy (non-hydrogen) atoms. The molecule has 0 unspecified atom stereocenters. The van der Waals surface area contributed by atoms with Crippen molar-refractivity contribution in [1.29, 1.82) is 0 Å². The van der Waals surface area contributed by atoms with Gasteiger partial charge in [0, 0.05) is 17.2 Å². The third-order valence-corrected chi connectivity index (χ3v) is 4.28. The highest BCUT2D eigenvalue weighted by atomic mass is 32.1. The fourth-order valence-electron chi connectivity index (χ4n) is 2.86. The van der Waals surface area contributed by atoms with Crippen molar-refractivity contribution in [2.24, 2.45) is 0 Å². The van der Waals surface area contributed by atoms with Gasteiger partial charge in [0.25, 0.3) is 0 Å². The third-order valence-electron chi connectivity index (χ3n) is 4.07. The first kappa shape index (κ1) is 17.2. The fraction of sp³-hybridized carbons (Fsp3) is 0.158. The molecule has 0 aromatic heterocycles. The zero-order valence-corrected chi connectivity index (χ0v) is 14.5. The smallest absolute Gasteiger partial charge is 0.171 e. The Labute approximate surface area is 149 Å². The van der Waals surface area contributed by atoms with Gasteiger partial charge in [0.15, 0.2) is 10.9 Å². The summed E-state index contributed by atoms with van der Waals surface area (Å²) in [4.78, 5) is 12.3. The SMILES string of the molecule is CC(=O)C1=C(c2ccc(C)cc2)NC(=S)N[C@@H]1c1ccc(F)cc1F. The van der Waals surface area contributed by atoms with Crippen LogP contribution in [0.5, 0.6) is 0 Å². The first-order valence-electron chi connectivity index (χ1n) is 7.71. The van der Waals surface area contributed by atoms with Crippen molar-refractivity contribution in [3.63, 3.8) is 0 Å². The lowest BCUT2D eigenvalue weighted by molar-refractivity contribution is -0.113. The number of carbonyl (C=O) groups excluding carboxylic acids is 1. The second-order valence-corrected chi connectivity index (χ2v) is 6.32. The molecule has 3 nitrogen and oxygen atoms in total. The monoisotopic (exact) mass is 358 g/mol. The summed E-state index contributed by atoms with van der Waals surface area (Å²) in [6.07, 6.45) is 0. The van der Waals surface area contributed by atoms with Crippen molar-refractivity contribution in [2.45, 2.75) is 19.9 Å². The van der Waals surface area contributed by atoms with Crippen LogP contribution < -0.4 is 10.6 Å². The first-order valence-corrected chi connectivity index (χ1v) is 8.12. The van der Waals surface area contributed by atoms with Gasteiger partial charge in [-0.25, -0.2) is 8.78 Å². The summed E-state index contributed by atoms with van der Waals surface area (Å²) in [7, 11) is 0. The van der Waals surface area contributed by atoms with Gasteiger partial charge in [-0.1, -0.05) is 35.9 Å². The molecule has 0 saturated carbocycles. The Morgan fingerprint density at radius 1 is 1.12 bits per heavy atom. The molecule has 0 fully saturated rings. The molecule has 1 aliphatic rings. The lowest BCUT2D eigenvalue weighted by Crippen LogP contribution is -2.44. The van der Waals surface area contributed by atoms with Crippen molar-refractivity contribution in [2.75, 3.05) is 0 Å². The van der Waals surface area contributed by atoms with Gasteiger partial charge >= 0.3 is 0 Å². The molecule has 1 aliphatic heterocycles. The molecular formula is C19H16F2N2OS. The predicted octanol–water partition coefficient (Wildman–Crippen LogP) is 3.79. The molecule has 6 heteroatoms. The van der Waals surface area contributed by atoms with Gasteiger partial charge in [-0.2, -0.15) is 0 Å². The zero-order chi connectivity index (χ0) is 18.1. The maximum atomic E-state index is 14.3. The number of halogens is 2. The zero-order valence-electron chi connectivity index (χ0n) is 13.7. The second-order valence-electron chi connectivity index (χ2n) is 5.91. The van der Waals surface area contributed by atoms with Gasteiger partial charge in [0.2, 0.25) is 0 Å². The lowest BCUT2D eigenvalue weighted by atomic mass is 9.90. The van der Waals surface area contributed by atoms with Gasteiger partial charge in [0.1, 0.15) is 11.6 Å². The number of carbonyl (C=O) groups is 1. The highest BCUT2D eigenvalue weighted by molar-refractivity contribution is 7.80. The Morgan fingerprint density at radius 3 is 2.40 bits per heavy atom. The largest absolute Gasteiger partial charge is 0.351 e. The Morgan fingerprint density at radius 2 is 1.80 bits per heavy atom. The molecular weight excluding hydrogens is 342 g/mol. The molecule has 0 aliphatic carbocycles. The topological polar surface area (TPSA) is 41.1 Å². The maximum Gasteiger partial charge on any atom is 0.171 e. The number of rotatable bonds is 3. The van der Waals surface area contributed by atoms with Gasteiger partial charge in [-0.05, 0) is 37.7 Å². The van der Waals surface area contributed by atoms with Crippen LogP contribution in [-0.4, -0.2) is 10.9 Å². The molecule has 128 valence electrons. The van der Waals surface area contributed by atoms with Crippen LogP contribution in [0.4, 0.5) is 8.78 Å². The van der Waals surface area contributed by atoms with Crippen LogP contribution in [0.3, 0.4) is 0 Å². The van der Waals surface area contributed by atoms with E-state index < -0.39 is 17.7 Å². The molecule has 1 atom stereocenters. The van der Waals surface area contributed by atoms with E-state index in [1.165, 1.54) is 13.0 Å². The number of aryl methyl sites for hydroxylation is 1. The van der Waals surface area contributed by atoms with Crippen LogP contribution in [0.15, 0.2) is 48.0 Å². The van der Waals surface area contributed by atoms with Crippen molar-refractivity contribution in [3.05, 3.63) is 76.4 Å². The van der Waals surface area contributed by atoms with Crippen LogP contribution in [0, 0.1) is 18.6 Å². The second kappa shape index (κ2) is 6.72. The summed E-state index contributed by atoms with van der Waals surface area (Å²) < 4.78 is 27.6. The van der Waals surface area contributed by atoms with E-state index in [2.05, 4.69) is 10.6 Å². The third kappa shape index (κ3) is 3.44. The molecule has 2 aromatic carbocycles. The van der Waals surface area contributed by atoms with Gasteiger partial charge in [0.05, 0.1) is 11.7 Å². The maximum absolute atomic E-state index is 14.3. The molecule has 0 amide bonds. The Balaban J connectivity index is 2.20. The quantitative estimate of drug-likeness (QED) is 0.819.